The van der Waals surface area contributed by atoms with E-state index in [0.29, 0.717) is 24.4 Å². The Hall–Kier alpha value is -2.86. The Labute approximate surface area is 159 Å². The van der Waals surface area contributed by atoms with E-state index >= 15 is 0 Å². The number of hydrogen-bond acceptors (Lipinski definition) is 4. The van der Waals surface area contributed by atoms with Crippen molar-refractivity contribution in [3.8, 4) is 5.75 Å². The van der Waals surface area contributed by atoms with Crippen molar-refractivity contribution in [1.29, 1.82) is 0 Å². The molecule has 1 saturated heterocycles. The van der Waals surface area contributed by atoms with Crippen LogP contribution in [0.3, 0.4) is 0 Å². The molecule has 0 radical (unpaired) electrons. The smallest absolute Gasteiger partial charge is 0.253 e. The van der Waals surface area contributed by atoms with E-state index in [0.717, 1.165) is 12.1 Å². The van der Waals surface area contributed by atoms with E-state index in [1.165, 1.54) is 5.56 Å². The van der Waals surface area contributed by atoms with Crippen LogP contribution in [0.1, 0.15) is 22.8 Å². The molecule has 27 heavy (non-hydrogen) atoms. The third-order valence-corrected chi connectivity index (χ3v) is 4.63. The number of nitrogens with zero attached hydrogens (tertiary/aromatic N) is 1. The van der Waals surface area contributed by atoms with Crippen LogP contribution in [0.5, 0.6) is 5.75 Å². The molecular formula is C21H24N2O4. The van der Waals surface area contributed by atoms with Crippen LogP contribution >= 0.6 is 0 Å². The minimum absolute atomic E-state index is 0.0125. The lowest BCUT2D eigenvalue weighted by atomic mass is 10.1. The predicted molar refractivity (Wildman–Crippen MR) is 103 cm³/mol. The molecule has 6 nitrogen and oxygen atoms in total. The van der Waals surface area contributed by atoms with Crippen molar-refractivity contribution in [2.24, 2.45) is 0 Å². The highest BCUT2D eigenvalue weighted by Gasteiger charge is 2.27. The van der Waals surface area contributed by atoms with Crippen LogP contribution in [0.2, 0.25) is 0 Å². The molecule has 3 rings (SSSR count). The molecule has 0 spiro atoms. The van der Waals surface area contributed by atoms with Gasteiger partial charge in [-0.25, -0.2) is 0 Å². The maximum Gasteiger partial charge on any atom is 0.253 e. The molecule has 1 atom stereocenters. The Morgan fingerprint density at radius 1 is 1.19 bits per heavy atom. The van der Waals surface area contributed by atoms with Crippen LogP contribution in [0.25, 0.3) is 0 Å². The Morgan fingerprint density at radius 2 is 1.89 bits per heavy atom. The van der Waals surface area contributed by atoms with Crippen molar-refractivity contribution < 1.29 is 19.1 Å². The lowest BCUT2D eigenvalue weighted by Gasteiger charge is -2.33. The maximum absolute atomic E-state index is 12.3. The minimum Gasteiger partial charge on any atom is -0.497 e. The summed E-state index contributed by atoms with van der Waals surface area (Å²) in [5, 5.41) is 2.87. The van der Waals surface area contributed by atoms with Gasteiger partial charge in [0.25, 0.3) is 11.8 Å². The van der Waals surface area contributed by atoms with Gasteiger partial charge >= 0.3 is 0 Å². The normalized spacial score (nSPS) is 16.9. The first-order chi connectivity index (χ1) is 13.1. The largest absolute Gasteiger partial charge is 0.497 e. The van der Waals surface area contributed by atoms with Gasteiger partial charge in [-0.1, -0.05) is 19.1 Å². The van der Waals surface area contributed by atoms with Crippen molar-refractivity contribution in [2.75, 3.05) is 31.7 Å². The first kappa shape index (κ1) is 18.9. The van der Waals surface area contributed by atoms with Gasteiger partial charge < -0.3 is 19.7 Å². The molecule has 1 N–H and O–H groups in total. The Morgan fingerprint density at radius 3 is 2.52 bits per heavy atom. The highest BCUT2D eigenvalue weighted by Crippen LogP contribution is 2.19. The molecule has 6 heteroatoms. The second-order valence-electron chi connectivity index (χ2n) is 6.40. The van der Waals surface area contributed by atoms with Crippen LogP contribution in [0.4, 0.5) is 5.69 Å². The maximum atomic E-state index is 12.3. The fraction of sp³-hybridized carbons (Fsp3) is 0.333. The number of ether oxygens (including phenoxy) is 2. The first-order valence-corrected chi connectivity index (χ1v) is 9.04. The molecule has 2 aromatic carbocycles. The van der Waals surface area contributed by atoms with Crippen molar-refractivity contribution >= 4 is 17.5 Å². The second-order valence-corrected chi connectivity index (χ2v) is 6.40. The van der Waals surface area contributed by atoms with E-state index in [4.69, 9.17) is 9.47 Å². The van der Waals surface area contributed by atoms with Gasteiger partial charge in [-0.2, -0.15) is 0 Å². The number of nitrogens with one attached hydrogen (secondary N) is 1. The van der Waals surface area contributed by atoms with Gasteiger partial charge in [-0.3, -0.25) is 9.59 Å². The summed E-state index contributed by atoms with van der Waals surface area (Å²) in [7, 11) is 1.58. The summed E-state index contributed by atoms with van der Waals surface area (Å²) in [4.78, 5) is 26.2. The number of amides is 2. The summed E-state index contributed by atoms with van der Waals surface area (Å²) in [6.07, 6.45) is 0.702. The van der Waals surface area contributed by atoms with Crippen molar-refractivity contribution in [3.63, 3.8) is 0 Å². The number of benzene rings is 2. The molecule has 1 fully saturated rings. The Kier molecular flexibility index (Phi) is 6.08. The lowest BCUT2D eigenvalue weighted by Crippen LogP contribution is -2.50. The number of methoxy groups -OCH3 is 1. The van der Waals surface area contributed by atoms with Crippen LogP contribution in [-0.2, 0) is 16.0 Å². The zero-order valence-corrected chi connectivity index (χ0v) is 15.6. The number of hydrogen-bond donors (Lipinski definition) is 1. The Bertz CT molecular complexity index is 787. The summed E-state index contributed by atoms with van der Waals surface area (Å²) >= 11 is 0. The molecule has 1 aliphatic rings. The van der Waals surface area contributed by atoms with Gasteiger partial charge in [0, 0.05) is 17.8 Å². The van der Waals surface area contributed by atoms with Crippen molar-refractivity contribution in [1.82, 2.24) is 5.32 Å². The van der Waals surface area contributed by atoms with Crippen molar-refractivity contribution in [2.45, 2.75) is 19.4 Å². The summed E-state index contributed by atoms with van der Waals surface area (Å²) in [6, 6.07) is 14.9. The molecule has 0 aliphatic carbocycles. The molecule has 1 unspecified atom stereocenters. The van der Waals surface area contributed by atoms with Gasteiger partial charge in [0.1, 0.15) is 12.4 Å². The summed E-state index contributed by atoms with van der Waals surface area (Å²) in [6.45, 7) is 2.85. The predicted octanol–water partition coefficient (Wildman–Crippen LogP) is 2.42. The highest BCUT2D eigenvalue weighted by molar-refractivity contribution is 5.95. The molecule has 0 saturated carbocycles. The zero-order chi connectivity index (χ0) is 19.2. The topological polar surface area (TPSA) is 67.9 Å². The van der Waals surface area contributed by atoms with E-state index in [1.807, 2.05) is 24.3 Å². The second kappa shape index (κ2) is 8.68. The molecule has 0 aromatic heterocycles. The minimum atomic E-state index is -0.254. The summed E-state index contributed by atoms with van der Waals surface area (Å²) in [5.74, 6) is 0.444. The molecule has 2 amide bonds. The van der Waals surface area contributed by atoms with Crippen LogP contribution in [-0.4, -0.2) is 44.7 Å². The number of carbonyl (C=O) groups is 2. The number of carbonyl (C=O) groups excluding carboxylic acids is 2. The number of morpholine rings is 1. The molecule has 142 valence electrons. The van der Waals surface area contributed by atoms with Gasteiger partial charge in [0.05, 0.1) is 19.8 Å². The highest BCUT2D eigenvalue weighted by atomic mass is 16.5. The monoisotopic (exact) mass is 368 g/mol. The van der Waals surface area contributed by atoms with Crippen LogP contribution < -0.4 is 15.0 Å². The van der Waals surface area contributed by atoms with Gasteiger partial charge in [-0.05, 0) is 48.4 Å². The van der Waals surface area contributed by atoms with E-state index < -0.39 is 0 Å². The average Bonchev–Trinajstić information content (AvgIpc) is 2.73. The first-order valence-electron chi connectivity index (χ1n) is 9.04. The van der Waals surface area contributed by atoms with Crippen molar-refractivity contribution in [3.05, 3.63) is 59.7 Å². The fourth-order valence-corrected chi connectivity index (χ4v) is 2.96. The molecule has 1 heterocycles. The summed E-state index contributed by atoms with van der Waals surface area (Å²) in [5.41, 5.74) is 2.63. The third kappa shape index (κ3) is 4.65. The Balaban J connectivity index is 1.58. The van der Waals surface area contributed by atoms with E-state index in [9.17, 15) is 9.59 Å². The molecule has 1 aliphatic heterocycles. The van der Waals surface area contributed by atoms with Gasteiger partial charge in [-0.15, -0.1) is 0 Å². The SMILES string of the molecule is CCc1ccc(N2CC(CNC(=O)c3ccc(OC)cc3)OCC2=O)cc1. The number of rotatable bonds is 6. The fourth-order valence-electron chi connectivity index (χ4n) is 2.96. The number of anilines is 1. The number of aryl methyl sites for hydroxylation is 1. The molecular weight excluding hydrogens is 344 g/mol. The standard InChI is InChI=1S/C21H24N2O4/c1-3-15-4-8-17(9-5-15)23-13-19(27-14-20(23)24)12-22-21(25)16-6-10-18(26-2)11-7-16/h4-11,19H,3,12-14H2,1-2H3,(H,22,25). The third-order valence-electron chi connectivity index (χ3n) is 4.63. The van der Waals surface area contributed by atoms with Crippen LogP contribution in [0.15, 0.2) is 48.5 Å². The molecule has 2 aromatic rings. The lowest BCUT2D eigenvalue weighted by molar-refractivity contribution is -0.129. The molecule has 0 bridgehead atoms. The van der Waals surface area contributed by atoms with E-state index in [-0.39, 0.29) is 24.5 Å². The van der Waals surface area contributed by atoms with E-state index in [1.54, 1.807) is 36.3 Å². The summed E-state index contributed by atoms with van der Waals surface area (Å²) < 4.78 is 10.7. The quantitative estimate of drug-likeness (QED) is 0.850. The van der Waals surface area contributed by atoms with Gasteiger partial charge in [0.2, 0.25) is 0 Å². The van der Waals surface area contributed by atoms with Gasteiger partial charge in [0.15, 0.2) is 0 Å². The average molecular weight is 368 g/mol. The van der Waals surface area contributed by atoms with Crippen LogP contribution in [0, 0.1) is 0 Å². The van der Waals surface area contributed by atoms with E-state index in [2.05, 4.69) is 12.2 Å². The zero-order valence-electron chi connectivity index (χ0n) is 15.6.